The van der Waals surface area contributed by atoms with E-state index in [-0.39, 0.29) is 11.7 Å². The van der Waals surface area contributed by atoms with Gasteiger partial charge in [-0.1, -0.05) is 24.3 Å². The molecule has 0 aliphatic heterocycles. The number of methoxy groups -OCH3 is 1. The topological polar surface area (TPSA) is 48.7 Å². The molecule has 1 fully saturated rings. The molecule has 1 aromatic heterocycles. The third-order valence-corrected chi connectivity index (χ3v) is 4.79. The number of benzene rings is 2. The van der Waals surface area contributed by atoms with Gasteiger partial charge in [0.1, 0.15) is 6.26 Å². The minimum absolute atomic E-state index is 0.245. The highest BCUT2D eigenvalue weighted by Crippen LogP contribution is 2.37. The molecule has 1 aliphatic rings. The summed E-state index contributed by atoms with van der Waals surface area (Å²) in [5, 5.41) is 1.45. The molecule has 0 atom stereocenters. The largest absolute Gasteiger partial charge is 0.493 e. The molecular weight excluding hydrogens is 316 g/mol. The van der Waals surface area contributed by atoms with Crippen LogP contribution in [-0.4, -0.2) is 13.2 Å². The fourth-order valence-electron chi connectivity index (χ4n) is 3.48. The van der Waals surface area contributed by atoms with Crippen LogP contribution in [0.2, 0.25) is 0 Å². The molecule has 4 rings (SSSR count). The highest BCUT2D eigenvalue weighted by molar-refractivity contribution is 5.95. The van der Waals surface area contributed by atoms with E-state index in [9.17, 15) is 4.79 Å². The van der Waals surface area contributed by atoms with E-state index in [1.165, 1.54) is 19.1 Å². The van der Waals surface area contributed by atoms with Gasteiger partial charge in [0, 0.05) is 5.56 Å². The summed E-state index contributed by atoms with van der Waals surface area (Å²) >= 11 is 0. The molecule has 128 valence electrons. The van der Waals surface area contributed by atoms with E-state index in [0.29, 0.717) is 5.39 Å². The normalized spacial score (nSPS) is 14.8. The summed E-state index contributed by atoms with van der Waals surface area (Å²) < 4.78 is 16.9. The first-order valence-electron chi connectivity index (χ1n) is 8.62. The van der Waals surface area contributed by atoms with Crippen LogP contribution < -0.4 is 15.1 Å². The van der Waals surface area contributed by atoms with Crippen molar-refractivity contribution in [2.24, 2.45) is 0 Å². The van der Waals surface area contributed by atoms with E-state index in [1.54, 1.807) is 13.2 Å². The Bertz CT molecular complexity index is 952. The van der Waals surface area contributed by atoms with Gasteiger partial charge in [0.25, 0.3) is 0 Å². The van der Waals surface area contributed by atoms with Crippen LogP contribution in [0.1, 0.15) is 25.7 Å². The second-order valence-electron chi connectivity index (χ2n) is 6.37. The Morgan fingerprint density at radius 3 is 2.52 bits per heavy atom. The lowest BCUT2D eigenvalue weighted by Gasteiger charge is -2.17. The van der Waals surface area contributed by atoms with Crippen molar-refractivity contribution in [2.75, 3.05) is 7.11 Å². The summed E-state index contributed by atoms with van der Waals surface area (Å²) in [7, 11) is 1.65. The van der Waals surface area contributed by atoms with Crippen molar-refractivity contribution in [2.45, 2.75) is 31.8 Å². The smallest absolute Gasteiger partial charge is 0.343 e. The third kappa shape index (κ3) is 3.00. The van der Waals surface area contributed by atoms with Crippen molar-refractivity contribution in [1.82, 2.24) is 0 Å². The molecule has 1 aliphatic carbocycles. The van der Waals surface area contributed by atoms with E-state index < -0.39 is 0 Å². The maximum Gasteiger partial charge on any atom is 0.343 e. The summed E-state index contributed by atoms with van der Waals surface area (Å²) in [4.78, 5) is 11.9. The summed E-state index contributed by atoms with van der Waals surface area (Å²) in [6, 6.07) is 13.3. The predicted molar refractivity (Wildman–Crippen MR) is 97.4 cm³/mol. The van der Waals surface area contributed by atoms with Crippen LogP contribution in [0.25, 0.3) is 21.9 Å². The van der Waals surface area contributed by atoms with E-state index in [1.807, 2.05) is 36.4 Å². The minimum Gasteiger partial charge on any atom is -0.493 e. The number of hydrogen-bond acceptors (Lipinski definition) is 4. The highest BCUT2D eigenvalue weighted by atomic mass is 16.5. The zero-order valence-corrected chi connectivity index (χ0v) is 14.2. The maximum absolute atomic E-state index is 11.9. The van der Waals surface area contributed by atoms with Crippen molar-refractivity contribution in [3.8, 4) is 22.6 Å². The van der Waals surface area contributed by atoms with E-state index in [0.717, 1.165) is 40.9 Å². The Balaban J connectivity index is 1.81. The van der Waals surface area contributed by atoms with Crippen molar-refractivity contribution >= 4 is 10.8 Å². The molecule has 25 heavy (non-hydrogen) atoms. The Morgan fingerprint density at radius 1 is 1.00 bits per heavy atom. The second-order valence-corrected chi connectivity index (χ2v) is 6.37. The van der Waals surface area contributed by atoms with Gasteiger partial charge in [0.2, 0.25) is 0 Å². The van der Waals surface area contributed by atoms with Gasteiger partial charge in [0.05, 0.1) is 18.6 Å². The molecule has 0 saturated heterocycles. The Hall–Kier alpha value is -2.75. The van der Waals surface area contributed by atoms with Crippen LogP contribution in [0, 0.1) is 0 Å². The molecule has 4 heteroatoms. The Kier molecular flexibility index (Phi) is 4.18. The molecule has 4 nitrogen and oxygen atoms in total. The quantitative estimate of drug-likeness (QED) is 0.687. The lowest BCUT2D eigenvalue weighted by molar-refractivity contribution is 0.201. The maximum atomic E-state index is 11.9. The zero-order valence-electron chi connectivity index (χ0n) is 14.2. The molecular formula is C21H20O4. The molecule has 0 spiro atoms. The van der Waals surface area contributed by atoms with Crippen molar-refractivity contribution in [3.63, 3.8) is 0 Å². The summed E-state index contributed by atoms with van der Waals surface area (Å²) in [6.45, 7) is 0. The van der Waals surface area contributed by atoms with Crippen molar-refractivity contribution in [3.05, 3.63) is 59.1 Å². The lowest BCUT2D eigenvalue weighted by atomic mass is 10.0. The molecule has 1 saturated carbocycles. The SMILES string of the molecule is COc1ccc(-c2coc(=O)c3ccccc23)cc1OC1CCCC1. The summed E-state index contributed by atoms with van der Waals surface area (Å²) in [5.74, 6) is 1.46. The van der Waals surface area contributed by atoms with Gasteiger partial charge >= 0.3 is 5.63 Å². The van der Waals surface area contributed by atoms with E-state index in [4.69, 9.17) is 13.9 Å². The molecule has 2 aromatic carbocycles. The van der Waals surface area contributed by atoms with Gasteiger partial charge in [0.15, 0.2) is 11.5 Å². The van der Waals surface area contributed by atoms with E-state index in [2.05, 4.69) is 0 Å². The van der Waals surface area contributed by atoms with Gasteiger partial charge < -0.3 is 13.9 Å². The second kappa shape index (κ2) is 6.63. The number of rotatable bonds is 4. The van der Waals surface area contributed by atoms with Gasteiger partial charge in [-0.3, -0.25) is 0 Å². The molecule has 0 N–H and O–H groups in total. The van der Waals surface area contributed by atoms with Gasteiger partial charge in [-0.05, 0) is 54.8 Å². The third-order valence-electron chi connectivity index (χ3n) is 4.79. The molecule has 3 aromatic rings. The van der Waals surface area contributed by atoms with Gasteiger partial charge in [-0.25, -0.2) is 4.79 Å². The molecule has 0 amide bonds. The molecule has 0 radical (unpaired) electrons. The first-order valence-corrected chi connectivity index (χ1v) is 8.62. The summed E-state index contributed by atoms with van der Waals surface area (Å²) in [5.41, 5.74) is 1.48. The standard InChI is InChI=1S/C21H20O4/c1-23-19-11-10-14(12-20(19)25-15-6-2-3-7-15)18-13-24-21(22)17-9-5-4-8-16(17)18/h4-5,8-13,15H,2-3,6-7H2,1H3. The van der Waals surface area contributed by atoms with Crippen LogP contribution in [0.15, 0.2) is 57.9 Å². The Labute approximate surface area is 146 Å². The fraction of sp³-hybridized carbons (Fsp3) is 0.286. The van der Waals surface area contributed by atoms with Crippen LogP contribution in [0.5, 0.6) is 11.5 Å². The highest BCUT2D eigenvalue weighted by Gasteiger charge is 2.19. The minimum atomic E-state index is -0.324. The van der Waals surface area contributed by atoms with Crippen LogP contribution in [-0.2, 0) is 0 Å². The average molecular weight is 336 g/mol. The van der Waals surface area contributed by atoms with Gasteiger partial charge in [-0.15, -0.1) is 0 Å². The number of fused-ring (bicyclic) bond motifs is 1. The fourth-order valence-corrected chi connectivity index (χ4v) is 3.48. The van der Waals surface area contributed by atoms with Crippen LogP contribution >= 0.6 is 0 Å². The first-order chi connectivity index (χ1) is 12.3. The zero-order chi connectivity index (χ0) is 17.2. The van der Waals surface area contributed by atoms with Gasteiger partial charge in [-0.2, -0.15) is 0 Å². The Morgan fingerprint density at radius 2 is 1.76 bits per heavy atom. The average Bonchev–Trinajstić information content (AvgIpc) is 3.15. The van der Waals surface area contributed by atoms with Crippen LogP contribution in [0.3, 0.4) is 0 Å². The van der Waals surface area contributed by atoms with Crippen molar-refractivity contribution in [1.29, 1.82) is 0 Å². The lowest BCUT2D eigenvalue weighted by Crippen LogP contribution is -2.11. The van der Waals surface area contributed by atoms with Crippen molar-refractivity contribution < 1.29 is 13.9 Å². The molecule has 0 bridgehead atoms. The monoisotopic (exact) mass is 336 g/mol. The number of hydrogen-bond donors (Lipinski definition) is 0. The summed E-state index contributed by atoms with van der Waals surface area (Å²) in [6.07, 6.45) is 6.34. The number of ether oxygens (including phenoxy) is 2. The van der Waals surface area contributed by atoms with Crippen LogP contribution in [0.4, 0.5) is 0 Å². The molecule has 0 unspecified atom stereocenters. The van der Waals surface area contributed by atoms with E-state index >= 15 is 0 Å². The predicted octanol–water partition coefficient (Wildman–Crippen LogP) is 4.79. The molecule has 1 heterocycles. The first kappa shape index (κ1) is 15.8.